The second-order valence-corrected chi connectivity index (χ2v) is 10.3. The maximum atomic E-state index is 2.51. The van der Waals surface area contributed by atoms with Crippen LogP contribution >= 0.6 is 19.3 Å². The first kappa shape index (κ1) is 15.0. The summed E-state index contributed by atoms with van der Waals surface area (Å²) in [4.78, 5) is 1.72. The summed E-state index contributed by atoms with van der Waals surface area (Å²) in [6, 6.07) is 2.51. The van der Waals surface area contributed by atoms with Gasteiger partial charge in [0, 0.05) is 4.88 Å². The monoisotopic (exact) mass is 308 g/mol. The minimum absolute atomic E-state index is 0.129. The lowest BCUT2D eigenvalue weighted by atomic mass is 9.99. The van der Waals surface area contributed by atoms with Crippen LogP contribution in [-0.4, -0.2) is 11.3 Å². The molecule has 20 heavy (non-hydrogen) atoms. The molecule has 2 aliphatic rings. The van der Waals surface area contributed by atoms with Gasteiger partial charge in [-0.05, 0) is 60.2 Å². The topological polar surface area (TPSA) is 0 Å². The Hall–Kier alpha value is 0.130. The van der Waals surface area contributed by atoms with E-state index >= 15 is 0 Å². The Balaban J connectivity index is 1.85. The van der Waals surface area contributed by atoms with E-state index in [0.29, 0.717) is 0 Å². The van der Waals surface area contributed by atoms with Crippen LogP contribution in [0.15, 0.2) is 11.4 Å². The van der Waals surface area contributed by atoms with Gasteiger partial charge in [0.15, 0.2) is 0 Å². The third-order valence-electron chi connectivity index (χ3n) is 5.26. The molecule has 0 nitrogen and oxygen atoms in total. The smallest absolute Gasteiger partial charge is 0.0119 e. The first-order valence-corrected chi connectivity index (χ1v) is 11.1. The Kier molecular flexibility index (Phi) is 5.57. The minimum Gasteiger partial charge on any atom is -0.148 e. The molecule has 1 heterocycles. The number of rotatable bonds is 4. The highest BCUT2D eigenvalue weighted by molar-refractivity contribution is 7.67. The Morgan fingerprint density at radius 1 is 0.950 bits per heavy atom. The second kappa shape index (κ2) is 7.41. The zero-order chi connectivity index (χ0) is 13.8. The molecule has 0 amide bonds. The molecule has 0 spiro atoms. The highest BCUT2D eigenvalue weighted by Gasteiger charge is 2.33. The molecular formula is C18H29PS. The summed E-state index contributed by atoms with van der Waals surface area (Å²) in [7, 11) is 0.129. The van der Waals surface area contributed by atoms with Gasteiger partial charge in [0.2, 0.25) is 0 Å². The predicted octanol–water partition coefficient (Wildman–Crippen LogP) is 6.08. The van der Waals surface area contributed by atoms with Crippen molar-refractivity contribution >= 4 is 24.6 Å². The van der Waals surface area contributed by atoms with Crippen LogP contribution in [0.4, 0.5) is 0 Å². The zero-order valence-corrected chi connectivity index (χ0v) is 14.7. The standard InChI is InChI=1S/C18H29PS/c1-2-18-17(13-14-20-18)19(15-9-5-3-6-10-15)16-11-7-4-8-12-16/h13-16H,2-12H2,1H3. The quantitative estimate of drug-likeness (QED) is 0.591. The predicted molar refractivity (Wildman–Crippen MR) is 94.0 cm³/mol. The van der Waals surface area contributed by atoms with Gasteiger partial charge in [0.05, 0.1) is 0 Å². The van der Waals surface area contributed by atoms with E-state index in [2.05, 4.69) is 18.4 Å². The van der Waals surface area contributed by atoms with Crippen LogP contribution in [0.1, 0.15) is 76.0 Å². The van der Waals surface area contributed by atoms with E-state index in [4.69, 9.17) is 0 Å². The lowest BCUT2D eigenvalue weighted by Crippen LogP contribution is -2.26. The van der Waals surface area contributed by atoms with Gasteiger partial charge in [0.1, 0.15) is 0 Å². The maximum Gasteiger partial charge on any atom is 0.0119 e. The third-order valence-corrected chi connectivity index (χ3v) is 10.1. The third kappa shape index (κ3) is 3.30. The Labute approximate surface area is 130 Å². The molecule has 2 saturated carbocycles. The first-order chi connectivity index (χ1) is 9.90. The van der Waals surface area contributed by atoms with Crippen LogP contribution in [-0.2, 0) is 6.42 Å². The summed E-state index contributed by atoms with van der Waals surface area (Å²) < 4.78 is 0. The molecule has 0 saturated heterocycles. The second-order valence-electron chi connectivity index (χ2n) is 6.57. The average Bonchev–Trinajstić information content (AvgIpc) is 2.98. The van der Waals surface area contributed by atoms with E-state index in [-0.39, 0.29) is 7.92 Å². The molecule has 0 aliphatic heterocycles. The summed E-state index contributed by atoms with van der Waals surface area (Å²) in [6.07, 6.45) is 16.4. The van der Waals surface area contributed by atoms with Crippen molar-refractivity contribution in [1.82, 2.24) is 0 Å². The van der Waals surface area contributed by atoms with E-state index in [0.717, 1.165) is 11.3 Å². The van der Waals surface area contributed by atoms with Gasteiger partial charge >= 0.3 is 0 Å². The van der Waals surface area contributed by atoms with Crippen LogP contribution in [0.2, 0.25) is 0 Å². The maximum absolute atomic E-state index is 2.51. The Bertz CT molecular complexity index is 381. The largest absolute Gasteiger partial charge is 0.148 e. The van der Waals surface area contributed by atoms with Crippen molar-refractivity contribution in [2.45, 2.75) is 88.9 Å². The van der Waals surface area contributed by atoms with Crippen molar-refractivity contribution in [3.63, 3.8) is 0 Å². The van der Waals surface area contributed by atoms with Crippen molar-refractivity contribution in [2.24, 2.45) is 0 Å². The van der Waals surface area contributed by atoms with E-state index in [1.807, 2.05) is 16.6 Å². The van der Waals surface area contributed by atoms with Gasteiger partial charge < -0.3 is 0 Å². The van der Waals surface area contributed by atoms with Crippen molar-refractivity contribution < 1.29 is 0 Å². The molecule has 2 heteroatoms. The van der Waals surface area contributed by atoms with E-state index in [1.54, 1.807) is 4.88 Å². The fourth-order valence-electron chi connectivity index (χ4n) is 4.24. The molecule has 2 fully saturated rings. The summed E-state index contributed by atoms with van der Waals surface area (Å²) in [5, 5.41) is 4.20. The van der Waals surface area contributed by atoms with Crippen molar-refractivity contribution in [1.29, 1.82) is 0 Å². The molecule has 2 aliphatic carbocycles. The molecule has 112 valence electrons. The van der Waals surface area contributed by atoms with Gasteiger partial charge in [-0.3, -0.25) is 0 Å². The molecule has 1 aromatic rings. The average molecular weight is 308 g/mol. The fourth-order valence-corrected chi connectivity index (χ4v) is 9.46. The molecule has 0 bridgehead atoms. The van der Waals surface area contributed by atoms with E-state index < -0.39 is 0 Å². The lowest BCUT2D eigenvalue weighted by Gasteiger charge is -2.38. The molecule has 0 radical (unpaired) electrons. The van der Waals surface area contributed by atoms with E-state index in [1.165, 1.54) is 70.6 Å². The highest BCUT2D eigenvalue weighted by atomic mass is 32.1. The van der Waals surface area contributed by atoms with Crippen LogP contribution in [0, 0.1) is 0 Å². The molecule has 0 N–H and O–H groups in total. The number of hydrogen-bond donors (Lipinski definition) is 0. The van der Waals surface area contributed by atoms with Crippen LogP contribution in [0.5, 0.6) is 0 Å². The normalized spacial score (nSPS) is 22.5. The number of aryl methyl sites for hydroxylation is 1. The summed E-state index contributed by atoms with van der Waals surface area (Å²) in [5.74, 6) is 0. The first-order valence-electron chi connectivity index (χ1n) is 8.75. The summed E-state index contributed by atoms with van der Waals surface area (Å²) in [6.45, 7) is 2.35. The Morgan fingerprint density at radius 2 is 1.50 bits per heavy atom. The molecule has 0 aromatic carbocycles. The fraction of sp³-hybridized carbons (Fsp3) is 0.778. The van der Waals surface area contributed by atoms with Gasteiger partial charge in [-0.25, -0.2) is 0 Å². The van der Waals surface area contributed by atoms with Gasteiger partial charge in [-0.1, -0.05) is 53.4 Å². The van der Waals surface area contributed by atoms with E-state index in [9.17, 15) is 0 Å². The van der Waals surface area contributed by atoms with Gasteiger partial charge in [0.25, 0.3) is 0 Å². The number of thiophene rings is 1. The molecule has 3 rings (SSSR count). The van der Waals surface area contributed by atoms with Crippen molar-refractivity contribution in [3.8, 4) is 0 Å². The molecular weight excluding hydrogens is 279 g/mol. The minimum atomic E-state index is 0.129. The summed E-state index contributed by atoms with van der Waals surface area (Å²) in [5.41, 5.74) is 2.11. The molecule has 0 unspecified atom stereocenters. The van der Waals surface area contributed by atoms with Crippen LogP contribution in [0.3, 0.4) is 0 Å². The van der Waals surface area contributed by atoms with Crippen LogP contribution in [0.25, 0.3) is 0 Å². The SMILES string of the molecule is CCc1sccc1P(C1CCCCC1)C1CCCCC1. The zero-order valence-electron chi connectivity index (χ0n) is 12.9. The lowest BCUT2D eigenvalue weighted by molar-refractivity contribution is 0.487. The highest BCUT2D eigenvalue weighted by Crippen LogP contribution is 2.55. The molecule has 1 aromatic heterocycles. The molecule has 0 atom stereocenters. The van der Waals surface area contributed by atoms with Crippen LogP contribution < -0.4 is 5.30 Å². The van der Waals surface area contributed by atoms with Gasteiger partial charge in [-0.15, -0.1) is 11.3 Å². The van der Waals surface area contributed by atoms with Crippen molar-refractivity contribution in [3.05, 3.63) is 16.3 Å². The number of hydrogen-bond acceptors (Lipinski definition) is 1. The Morgan fingerprint density at radius 3 is 2.00 bits per heavy atom. The summed E-state index contributed by atoms with van der Waals surface area (Å²) >= 11 is 2.02. The van der Waals surface area contributed by atoms with Gasteiger partial charge in [-0.2, -0.15) is 0 Å². The van der Waals surface area contributed by atoms with Crippen molar-refractivity contribution in [2.75, 3.05) is 0 Å².